The van der Waals surface area contributed by atoms with Crippen molar-refractivity contribution in [1.29, 1.82) is 0 Å². The van der Waals surface area contributed by atoms with E-state index in [0.717, 1.165) is 11.3 Å². The predicted molar refractivity (Wildman–Crippen MR) is 116 cm³/mol. The lowest BCUT2D eigenvalue weighted by Crippen LogP contribution is -2.56. The highest BCUT2D eigenvalue weighted by atomic mass is 79.9. The van der Waals surface area contributed by atoms with Crippen LogP contribution < -0.4 is 16.0 Å². The average Bonchev–Trinajstić information content (AvgIpc) is 2.56. The van der Waals surface area contributed by atoms with Crippen LogP contribution >= 0.6 is 63.0 Å². The van der Waals surface area contributed by atoms with Crippen molar-refractivity contribution in [3.63, 3.8) is 0 Å². The molecule has 1 unspecified atom stereocenters. The molecule has 0 saturated carbocycles. The fourth-order valence-electron chi connectivity index (χ4n) is 1.99. The summed E-state index contributed by atoms with van der Waals surface area (Å²) >= 11 is 26.5. The van der Waals surface area contributed by atoms with Crippen LogP contribution in [0, 0.1) is 6.92 Å². The van der Waals surface area contributed by atoms with Crippen LogP contribution in [-0.2, 0) is 0 Å². The molecule has 0 aliphatic rings. The molecule has 138 valence electrons. The maximum atomic E-state index is 12.5. The molecule has 0 aliphatic heterocycles. The molecule has 26 heavy (non-hydrogen) atoms. The fourth-order valence-corrected chi connectivity index (χ4v) is 3.02. The van der Waals surface area contributed by atoms with Gasteiger partial charge in [-0.1, -0.05) is 64.6 Å². The number of hydrogen-bond acceptors (Lipinski definition) is 2. The third-order valence-corrected chi connectivity index (χ3v) is 4.87. The lowest BCUT2D eigenvalue weighted by atomic mass is 10.2. The molecule has 0 aliphatic carbocycles. The molecule has 2 aromatic rings. The summed E-state index contributed by atoms with van der Waals surface area (Å²) in [5.74, 6) is -0.417. The van der Waals surface area contributed by atoms with Crippen molar-refractivity contribution in [1.82, 2.24) is 10.6 Å². The van der Waals surface area contributed by atoms with E-state index in [-0.39, 0.29) is 5.11 Å². The first-order valence-corrected chi connectivity index (χ1v) is 9.76. The average molecular weight is 496 g/mol. The molecule has 0 heterocycles. The van der Waals surface area contributed by atoms with Crippen LogP contribution in [0.2, 0.25) is 0 Å². The van der Waals surface area contributed by atoms with Gasteiger partial charge in [-0.3, -0.25) is 4.79 Å². The van der Waals surface area contributed by atoms with E-state index in [1.165, 1.54) is 0 Å². The van der Waals surface area contributed by atoms with Crippen molar-refractivity contribution >= 4 is 79.7 Å². The highest BCUT2D eigenvalue weighted by Gasteiger charge is 2.35. The van der Waals surface area contributed by atoms with E-state index in [1.54, 1.807) is 24.3 Å². The molecule has 9 heteroatoms. The van der Waals surface area contributed by atoms with Gasteiger partial charge in [0.1, 0.15) is 6.17 Å². The molecular formula is C17H15BrCl3N3OS. The second kappa shape index (κ2) is 9.24. The number of carbonyl (C=O) groups excluding carboxylic acids is 1. The summed E-state index contributed by atoms with van der Waals surface area (Å²) in [5, 5.41) is 8.64. The first-order chi connectivity index (χ1) is 12.2. The maximum Gasteiger partial charge on any atom is 0.254 e. The quantitative estimate of drug-likeness (QED) is 0.311. The molecule has 0 bridgehead atoms. The minimum Gasteiger partial charge on any atom is -0.339 e. The van der Waals surface area contributed by atoms with Gasteiger partial charge < -0.3 is 16.0 Å². The molecule has 2 aromatic carbocycles. The number of nitrogens with one attached hydrogen (secondary N) is 3. The van der Waals surface area contributed by atoms with Crippen LogP contribution in [0.5, 0.6) is 0 Å². The van der Waals surface area contributed by atoms with Gasteiger partial charge in [-0.25, -0.2) is 0 Å². The summed E-state index contributed by atoms with van der Waals surface area (Å²) in [4.78, 5) is 12.5. The minimum atomic E-state index is -1.82. The lowest BCUT2D eigenvalue weighted by Gasteiger charge is -2.28. The summed E-state index contributed by atoms with van der Waals surface area (Å²) in [5.41, 5.74) is 2.30. The van der Waals surface area contributed by atoms with Crippen LogP contribution in [0.3, 0.4) is 0 Å². The molecule has 3 N–H and O–H groups in total. The summed E-state index contributed by atoms with van der Waals surface area (Å²) in [6.07, 6.45) is -1.04. The van der Waals surface area contributed by atoms with Crippen molar-refractivity contribution < 1.29 is 4.79 Å². The van der Waals surface area contributed by atoms with Crippen molar-refractivity contribution in [2.45, 2.75) is 16.9 Å². The molecule has 1 amide bonds. The highest BCUT2D eigenvalue weighted by molar-refractivity contribution is 9.10. The van der Waals surface area contributed by atoms with E-state index >= 15 is 0 Å². The Hall–Kier alpha value is -1.05. The van der Waals surface area contributed by atoms with E-state index in [1.807, 2.05) is 31.2 Å². The van der Waals surface area contributed by atoms with Gasteiger partial charge in [0.2, 0.25) is 3.79 Å². The monoisotopic (exact) mass is 493 g/mol. The van der Waals surface area contributed by atoms with E-state index in [4.69, 9.17) is 47.0 Å². The van der Waals surface area contributed by atoms with E-state index < -0.39 is 15.9 Å². The standard InChI is InChI=1S/C17H15BrCl3N3OS/c1-10-6-8-11(9-7-10)22-16(26)24-15(17(19,20)21)23-14(25)12-4-2-3-5-13(12)18/h2-9,15H,1H3,(H,23,25)(H2,22,24,26). The summed E-state index contributed by atoms with van der Waals surface area (Å²) in [7, 11) is 0. The number of hydrogen-bond donors (Lipinski definition) is 3. The molecule has 0 fully saturated rings. The molecule has 0 aromatic heterocycles. The van der Waals surface area contributed by atoms with Gasteiger partial charge in [0.05, 0.1) is 5.56 Å². The van der Waals surface area contributed by atoms with Crippen LogP contribution in [-0.4, -0.2) is 21.0 Å². The number of aryl methyl sites for hydroxylation is 1. The van der Waals surface area contributed by atoms with Crippen LogP contribution in [0.15, 0.2) is 53.0 Å². The lowest BCUT2D eigenvalue weighted by molar-refractivity contribution is 0.0934. The summed E-state index contributed by atoms with van der Waals surface area (Å²) < 4.78 is -1.20. The predicted octanol–water partition coefficient (Wildman–Crippen LogP) is 5.17. The topological polar surface area (TPSA) is 53.2 Å². The number of halogens is 4. The number of alkyl halides is 3. The third kappa shape index (κ3) is 6.28. The SMILES string of the molecule is Cc1ccc(NC(=S)NC(NC(=O)c2ccccc2Br)C(Cl)(Cl)Cl)cc1. The van der Waals surface area contributed by atoms with Crippen molar-refractivity contribution in [3.8, 4) is 0 Å². The van der Waals surface area contributed by atoms with E-state index in [2.05, 4.69) is 31.9 Å². The number of benzene rings is 2. The fraction of sp³-hybridized carbons (Fsp3) is 0.176. The minimum absolute atomic E-state index is 0.206. The van der Waals surface area contributed by atoms with E-state index in [0.29, 0.717) is 10.0 Å². The summed E-state index contributed by atoms with van der Waals surface area (Å²) in [6.45, 7) is 1.98. The molecule has 4 nitrogen and oxygen atoms in total. The number of rotatable bonds is 4. The number of amides is 1. The number of thiocarbonyl (C=S) groups is 1. The molecular weight excluding hydrogens is 481 g/mol. The van der Waals surface area contributed by atoms with Gasteiger partial charge in [-0.05, 0) is 59.3 Å². The Morgan fingerprint density at radius 3 is 2.27 bits per heavy atom. The van der Waals surface area contributed by atoms with Crippen molar-refractivity contribution in [3.05, 3.63) is 64.1 Å². The Balaban J connectivity index is 2.07. The van der Waals surface area contributed by atoms with Gasteiger partial charge in [0, 0.05) is 10.2 Å². The Morgan fingerprint density at radius 1 is 1.08 bits per heavy atom. The molecule has 0 spiro atoms. The Kier molecular flexibility index (Phi) is 7.55. The molecule has 1 atom stereocenters. The second-order valence-electron chi connectivity index (χ2n) is 5.39. The smallest absolute Gasteiger partial charge is 0.254 e. The largest absolute Gasteiger partial charge is 0.339 e. The maximum absolute atomic E-state index is 12.5. The third-order valence-electron chi connectivity index (χ3n) is 3.31. The molecule has 2 rings (SSSR count). The zero-order chi connectivity index (χ0) is 19.3. The highest BCUT2D eigenvalue weighted by Crippen LogP contribution is 2.29. The van der Waals surface area contributed by atoms with E-state index in [9.17, 15) is 4.79 Å². The number of anilines is 1. The normalized spacial score (nSPS) is 12.2. The van der Waals surface area contributed by atoms with Crippen LogP contribution in [0.1, 0.15) is 15.9 Å². The Bertz CT molecular complexity index is 797. The zero-order valence-electron chi connectivity index (χ0n) is 13.5. The second-order valence-corrected chi connectivity index (χ2v) is 9.02. The van der Waals surface area contributed by atoms with Crippen LogP contribution in [0.25, 0.3) is 0 Å². The van der Waals surface area contributed by atoms with Gasteiger partial charge >= 0.3 is 0 Å². The van der Waals surface area contributed by atoms with Gasteiger partial charge in [0.15, 0.2) is 5.11 Å². The first kappa shape index (κ1) is 21.3. The van der Waals surface area contributed by atoms with Gasteiger partial charge in [-0.2, -0.15) is 0 Å². The molecule has 0 radical (unpaired) electrons. The number of carbonyl (C=O) groups is 1. The van der Waals surface area contributed by atoms with Crippen LogP contribution in [0.4, 0.5) is 5.69 Å². The van der Waals surface area contributed by atoms with Gasteiger partial charge in [-0.15, -0.1) is 0 Å². The Morgan fingerprint density at radius 2 is 1.69 bits per heavy atom. The first-order valence-electron chi connectivity index (χ1n) is 7.43. The summed E-state index contributed by atoms with van der Waals surface area (Å²) in [6, 6.07) is 14.5. The molecule has 0 saturated heterocycles. The zero-order valence-corrected chi connectivity index (χ0v) is 18.2. The van der Waals surface area contributed by atoms with Gasteiger partial charge in [0.25, 0.3) is 5.91 Å². The van der Waals surface area contributed by atoms with Crippen molar-refractivity contribution in [2.24, 2.45) is 0 Å². The Labute approximate surface area is 180 Å². The van der Waals surface area contributed by atoms with Crippen molar-refractivity contribution in [2.75, 3.05) is 5.32 Å².